The van der Waals surface area contributed by atoms with E-state index >= 15 is 0 Å². The summed E-state index contributed by atoms with van der Waals surface area (Å²) in [6.45, 7) is 0.176. The number of carbonyl (C=O) groups is 1. The van der Waals surface area contributed by atoms with Crippen LogP contribution in [-0.2, 0) is 4.79 Å². The molecule has 3 aromatic carbocycles. The number of nitrogens with zero attached hydrogens (tertiary/aromatic N) is 2. The van der Waals surface area contributed by atoms with E-state index in [2.05, 4.69) is 20.0 Å². The van der Waals surface area contributed by atoms with Crippen LogP contribution in [0.4, 0.5) is 18.9 Å². The van der Waals surface area contributed by atoms with Crippen molar-refractivity contribution < 1.29 is 32.2 Å². The molecule has 1 atom stereocenters. The van der Waals surface area contributed by atoms with Gasteiger partial charge in [0.1, 0.15) is 17.2 Å². The van der Waals surface area contributed by atoms with Crippen molar-refractivity contribution in [1.29, 1.82) is 0 Å². The fourth-order valence-electron chi connectivity index (χ4n) is 3.02. The van der Waals surface area contributed by atoms with E-state index in [1.54, 1.807) is 49.4 Å². The maximum absolute atomic E-state index is 12.4. The Morgan fingerprint density at radius 1 is 0.972 bits per heavy atom. The third kappa shape index (κ3) is 6.98. The first-order chi connectivity index (χ1) is 17.1. The molecule has 0 aliphatic heterocycles. The molecule has 0 fully saturated rings. The predicted octanol–water partition coefficient (Wildman–Crippen LogP) is 6.42. The quantitative estimate of drug-likeness (QED) is 0.290. The van der Waals surface area contributed by atoms with Crippen molar-refractivity contribution >= 4 is 34.2 Å². The third-order valence-electron chi connectivity index (χ3n) is 4.73. The number of hydrogen-bond acceptors (Lipinski definition) is 6. The minimum absolute atomic E-state index is 0.0380. The molecule has 0 bridgehead atoms. The topological polar surface area (TPSA) is 82.6 Å². The summed E-state index contributed by atoms with van der Waals surface area (Å²) in [5.74, 6) is 0.831. The zero-order valence-electron chi connectivity index (χ0n) is 18.8. The van der Waals surface area contributed by atoms with Gasteiger partial charge in [-0.3, -0.25) is 4.79 Å². The molecule has 0 spiro atoms. The average Bonchev–Trinajstić information content (AvgIpc) is 2.84. The van der Waals surface area contributed by atoms with Crippen LogP contribution in [0.25, 0.3) is 11.0 Å². The van der Waals surface area contributed by atoms with E-state index in [4.69, 9.17) is 21.1 Å². The Morgan fingerprint density at radius 3 is 2.33 bits per heavy atom. The average molecular weight is 518 g/mol. The molecule has 1 aromatic heterocycles. The second-order valence-electron chi connectivity index (χ2n) is 7.59. The molecule has 7 nitrogen and oxygen atoms in total. The Hall–Kier alpha value is -4.05. The molecule has 0 saturated carbocycles. The van der Waals surface area contributed by atoms with Gasteiger partial charge in [0, 0.05) is 10.7 Å². The second-order valence-corrected chi connectivity index (χ2v) is 8.03. The van der Waals surface area contributed by atoms with Crippen LogP contribution < -0.4 is 19.5 Å². The molecule has 4 aromatic rings. The van der Waals surface area contributed by atoms with Crippen molar-refractivity contribution in [2.45, 2.75) is 19.2 Å². The molecule has 0 radical (unpaired) electrons. The molecule has 1 heterocycles. The number of aromatic nitrogens is 2. The highest BCUT2D eigenvalue weighted by Crippen LogP contribution is 2.25. The monoisotopic (exact) mass is 517 g/mol. The van der Waals surface area contributed by atoms with E-state index in [1.807, 2.05) is 0 Å². The van der Waals surface area contributed by atoms with Crippen molar-refractivity contribution in [2.75, 3.05) is 11.9 Å². The van der Waals surface area contributed by atoms with E-state index in [1.165, 1.54) is 30.5 Å². The summed E-state index contributed by atoms with van der Waals surface area (Å²) in [7, 11) is 0. The number of carbonyl (C=O) groups excluding carboxylic acids is 1. The predicted molar refractivity (Wildman–Crippen MR) is 128 cm³/mol. The lowest BCUT2D eigenvalue weighted by Gasteiger charge is -2.15. The molecule has 0 aliphatic rings. The molecular weight excluding hydrogens is 499 g/mol. The summed E-state index contributed by atoms with van der Waals surface area (Å²) < 4.78 is 52.7. The number of fused-ring (bicyclic) bond motifs is 1. The van der Waals surface area contributed by atoms with Gasteiger partial charge in [-0.1, -0.05) is 11.6 Å². The molecule has 1 unspecified atom stereocenters. The highest BCUT2D eigenvalue weighted by atomic mass is 35.5. The Balaban J connectivity index is 1.30. The lowest BCUT2D eigenvalue weighted by molar-refractivity contribution is -0.153. The second kappa shape index (κ2) is 10.7. The van der Waals surface area contributed by atoms with Crippen LogP contribution in [-0.4, -0.2) is 34.8 Å². The fourth-order valence-corrected chi connectivity index (χ4v) is 3.19. The maximum atomic E-state index is 12.4. The molecule has 4 rings (SSSR count). The van der Waals surface area contributed by atoms with Gasteiger partial charge in [-0.15, -0.1) is 0 Å². The minimum atomic E-state index is -4.43. The summed E-state index contributed by atoms with van der Waals surface area (Å²) in [6, 6.07) is 17.3. The lowest BCUT2D eigenvalue weighted by Crippen LogP contribution is -2.30. The molecule has 0 aliphatic carbocycles. The normalized spacial score (nSPS) is 12.1. The summed E-state index contributed by atoms with van der Waals surface area (Å²) in [4.78, 5) is 21.1. The van der Waals surface area contributed by atoms with Gasteiger partial charge in [0.05, 0.1) is 17.2 Å². The number of rotatable bonds is 8. The van der Waals surface area contributed by atoms with Gasteiger partial charge in [0.15, 0.2) is 12.7 Å². The van der Waals surface area contributed by atoms with E-state index in [9.17, 15) is 18.0 Å². The van der Waals surface area contributed by atoms with Crippen molar-refractivity contribution in [3.05, 3.63) is 77.9 Å². The smallest absolute Gasteiger partial charge is 0.422 e. The Bertz CT molecular complexity index is 1350. The van der Waals surface area contributed by atoms with E-state index in [-0.39, 0.29) is 5.75 Å². The number of halogens is 4. The Kier molecular flexibility index (Phi) is 7.44. The van der Waals surface area contributed by atoms with Crippen molar-refractivity contribution in [3.63, 3.8) is 0 Å². The van der Waals surface area contributed by atoms with Gasteiger partial charge in [-0.05, 0) is 73.7 Å². The zero-order valence-corrected chi connectivity index (χ0v) is 19.5. The number of alkyl halides is 3. The number of ether oxygens (including phenoxy) is 3. The van der Waals surface area contributed by atoms with E-state index < -0.39 is 24.8 Å². The molecule has 36 heavy (non-hydrogen) atoms. The number of nitrogens with one attached hydrogen (secondary N) is 1. The summed E-state index contributed by atoms with van der Waals surface area (Å²) in [5, 5.41) is 3.20. The largest absolute Gasteiger partial charge is 0.484 e. The number of benzene rings is 3. The standard InChI is InChI=1S/C25H19ClF3N3O4/c1-15(24(33)31-17-3-5-18(6-4-17)34-14-25(27,28)29)35-19-7-9-20(10-8-19)36-23-13-30-22-12-16(26)2-11-21(22)32-23/h2-13,15H,14H2,1H3,(H,31,33). The van der Waals surface area contributed by atoms with Crippen LogP contribution in [0, 0.1) is 0 Å². The minimum Gasteiger partial charge on any atom is -0.484 e. The molecule has 0 saturated heterocycles. The van der Waals surface area contributed by atoms with Crippen LogP contribution >= 0.6 is 11.6 Å². The fraction of sp³-hybridized carbons (Fsp3) is 0.160. The lowest BCUT2D eigenvalue weighted by atomic mass is 10.2. The van der Waals surface area contributed by atoms with Crippen LogP contribution in [0.3, 0.4) is 0 Å². The van der Waals surface area contributed by atoms with Crippen LogP contribution in [0.5, 0.6) is 23.1 Å². The Labute approximate surface area is 208 Å². The number of hydrogen-bond donors (Lipinski definition) is 1. The molecule has 1 amide bonds. The van der Waals surface area contributed by atoms with Gasteiger partial charge in [-0.25, -0.2) is 9.97 Å². The SMILES string of the molecule is CC(Oc1ccc(Oc2cnc3cc(Cl)ccc3n2)cc1)C(=O)Nc1ccc(OCC(F)(F)F)cc1. The van der Waals surface area contributed by atoms with Crippen LogP contribution in [0.15, 0.2) is 72.9 Å². The molecule has 186 valence electrons. The summed E-state index contributed by atoms with van der Waals surface area (Å²) >= 11 is 5.96. The zero-order chi connectivity index (χ0) is 25.7. The van der Waals surface area contributed by atoms with Gasteiger partial charge >= 0.3 is 6.18 Å². The van der Waals surface area contributed by atoms with Crippen LogP contribution in [0.1, 0.15) is 6.92 Å². The van der Waals surface area contributed by atoms with Gasteiger partial charge in [0.25, 0.3) is 5.91 Å². The van der Waals surface area contributed by atoms with Gasteiger partial charge in [-0.2, -0.15) is 13.2 Å². The van der Waals surface area contributed by atoms with E-state index in [0.29, 0.717) is 39.1 Å². The molecule has 1 N–H and O–H groups in total. The highest BCUT2D eigenvalue weighted by molar-refractivity contribution is 6.31. The van der Waals surface area contributed by atoms with Crippen molar-refractivity contribution in [2.24, 2.45) is 0 Å². The Morgan fingerprint density at radius 2 is 1.64 bits per heavy atom. The molecule has 11 heteroatoms. The van der Waals surface area contributed by atoms with Crippen molar-refractivity contribution in [1.82, 2.24) is 9.97 Å². The van der Waals surface area contributed by atoms with Crippen LogP contribution in [0.2, 0.25) is 5.02 Å². The maximum Gasteiger partial charge on any atom is 0.422 e. The first-order valence-corrected chi connectivity index (χ1v) is 11.0. The van der Waals surface area contributed by atoms with Gasteiger partial charge in [0.2, 0.25) is 5.88 Å². The van der Waals surface area contributed by atoms with Crippen molar-refractivity contribution in [3.8, 4) is 23.1 Å². The van der Waals surface area contributed by atoms with Gasteiger partial charge < -0.3 is 19.5 Å². The molecular formula is C25H19ClF3N3O4. The first kappa shape index (κ1) is 25.1. The number of amides is 1. The number of anilines is 1. The third-order valence-corrected chi connectivity index (χ3v) is 4.97. The summed E-state index contributed by atoms with van der Waals surface area (Å²) in [6.07, 6.45) is -3.79. The highest BCUT2D eigenvalue weighted by Gasteiger charge is 2.28. The first-order valence-electron chi connectivity index (χ1n) is 10.6. The summed E-state index contributed by atoms with van der Waals surface area (Å²) in [5.41, 5.74) is 1.68. The van der Waals surface area contributed by atoms with E-state index in [0.717, 1.165) is 0 Å².